The molecule has 2 N–H and O–H groups in total. The second-order valence-electron chi connectivity index (χ2n) is 5.84. The van der Waals surface area contributed by atoms with Crippen LogP contribution in [0.25, 0.3) is 10.9 Å². The van der Waals surface area contributed by atoms with Crippen LogP contribution in [-0.4, -0.2) is 27.4 Å². The highest BCUT2D eigenvalue weighted by Crippen LogP contribution is 2.24. The van der Waals surface area contributed by atoms with E-state index in [2.05, 4.69) is 0 Å². The van der Waals surface area contributed by atoms with Gasteiger partial charge in [-0.25, -0.2) is 9.18 Å². The molecule has 3 aromatic rings. The molecule has 0 bridgehead atoms. The van der Waals surface area contributed by atoms with Gasteiger partial charge in [-0.1, -0.05) is 29.8 Å². The number of aliphatic hydroxyl groups excluding tert-OH is 1. The van der Waals surface area contributed by atoms with Gasteiger partial charge in [-0.05, 0) is 35.7 Å². The third-order valence-electron chi connectivity index (χ3n) is 4.14. The fourth-order valence-electron chi connectivity index (χ4n) is 2.90. The zero-order valence-electron chi connectivity index (χ0n) is 13.6. The van der Waals surface area contributed by atoms with Crippen LogP contribution < -0.4 is 5.43 Å². The minimum Gasteiger partial charge on any atom is -0.477 e. The van der Waals surface area contributed by atoms with Gasteiger partial charge in [0.1, 0.15) is 11.4 Å². The van der Waals surface area contributed by atoms with Crippen molar-refractivity contribution in [2.45, 2.75) is 13.0 Å². The Morgan fingerprint density at radius 3 is 2.69 bits per heavy atom. The van der Waals surface area contributed by atoms with Crippen LogP contribution in [0.3, 0.4) is 0 Å². The molecular formula is C19H15ClFNO4. The first-order chi connectivity index (χ1) is 12.4. The highest BCUT2D eigenvalue weighted by Gasteiger charge is 2.15. The summed E-state index contributed by atoms with van der Waals surface area (Å²) in [5.41, 5.74) is 0.806. The van der Waals surface area contributed by atoms with Crippen molar-refractivity contribution in [3.8, 4) is 0 Å². The number of halogens is 2. The van der Waals surface area contributed by atoms with Crippen molar-refractivity contribution in [2.75, 3.05) is 6.61 Å². The topological polar surface area (TPSA) is 79.5 Å². The standard InChI is InChI=1S/C19H15ClFNO4/c20-17-12(2-1-3-15(17)21)8-11-4-5-16-13(9-11)18(24)14(19(25)26)10-22(16)6-7-23/h1-5,9-10,23H,6-8H2,(H,25,26). The van der Waals surface area contributed by atoms with E-state index in [0.29, 0.717) is 23.1 Å². The fourth-order valence-corrected chi connectivity index (χ4v) is 3.10. The van der Waals surface area contributed by atoms with E-state index >= 15 is 0 Å². The molecule has 0 atom stereocenters. The minimum atomic E-state index is -1.33. The highest BCUT2D eigenvalue weighted by molar-refractivity contribution is 6.31. The summed E-state index contributed by atoms with van der Waals surface area (Å²) in [6.07, 6.45) is 1.52. The van der Waals surface area contributed by atoms with Gasteiger partial charge in [-0.15, -0.1) is 0 Å². The van der Waals surface area contributed by atoms with Crippen molar-refractivity contribution in [1.29, 1.82) is 0 Å². The molecule has 0 saturated carbocycles. The highest BCUT2D eigenvalue weighted by atomic mass is 35.5. The Labute approximate surface area is 152 Å². The third kappa shape index (κ3) is 3.34. The summed E-state index contributed by atoms with van der Waals surface area (Å²) in [5, 5.41) is 18.7. The number of aromatic carboxylic acids is 1. The lowest BCUT2D eigenvalue weighted by Gasteiger charge is -2.12. The average Bonchev–Trinajstić information content (AvgIpc) is 2.61. The molecule has 0 aliphatic rings. The number of pyridine rings is 1. The number of rotatable bonds is 5. The predicted molar refractivity (Wildman–Crippen MR) is 96.5 cm³/mol. The van der Waals surface area contributed by atoms with Crippen molar-refractivity contribution in [2.24, 2.45) is 0 Å². The van der Waals surface area contributed by atoms with Crippen molar-refractivity contribution in [3.63, 3.8) is 0 Å². The Balaban J connectivity index is 2.15. The van der Waals surface area contributed by atoms with Gasteiger partial charge in [-0.2, -0.15) is 0 Å². The second kappa shape index (κ2) is 7.27. The van der Waals surface area contributed by atoms with Gasteiger partial charge in [0.25, 0.3) is 0 Å². The number of benzene rings is 2. The molecule has 0 amide bonds. The zero-order chi connectivity index (χ0) is 18.8. The van der Waals surface area contributed by atoms with Gasteiger partial charge in [-0.3, -0.25) is 4.79 Å². The Morgan fingerprint density at radius 2 is 2.00 bits per heavy atom. The van der Waals surface area contributed by atoms with Crippen molar-refractivity contribution >= 4 is 28.5 Å². The smallest absolute Gasteiger partial charge is 0.341 e. The van der Waals surface area contributed by atoms with Crippen molar-refractivity contribution in [3.05, 3.63) is 80.3 Å². The van der Waals surface area contributed by atoms with E-state index in [-0.39, 0.29) is 29.1 Å². The second-order valence-corrected chi connectivity index (χ2v) is 6.21. The summed E-state index contributed by atoms with van der Waals surface area (Å²) in [7, 11) is 0. The summed E-state index contributed by atoms with van der Waals surface area (Å²) in [6, 6.07) is 9.53. The summed E-state index contributed by atoms with van der Waals surface area (Å²) >= 11 is 5.98. The number of hydrogen-bond acceptors (Lipinski definition) is 3. The summed E-state index contributed by atoms with van der Waals surface area (Å²) < 4.78 is 15.1. The minimum absolute atomic E-state index is 0.0181. The lowest BCUT2D eigenvalue weighted by Crippen LogP contribution is -2.19. The monoisotopic (exact) mass is 375 g/mol. The van der Waals surface area contributed by atoms with Crippen LogP contribution in [0.4, 0.5) is 4.39 Å². The molecule has 1 aromatic heterocycles. The van der Waals surface area contributed by atoms with Crippen LogP contribution in [-0.2, 0) is 13.0 Å². The molecule has 5 nitrogen and oxygen atoms in total. The Hall–Kier alpha value is -2.70. The van der Waals surface area contributed by atoms with Gasteiger partial charge >= 0.3 is 5.97 Å². The lowest BCUT2D eigenvalue weighted by atomic mass is 10.0. The van der Waals surface area contributed by atoms with Gasteiger partial charge in [0, 0.05) is 18.1 Å². The maximum absolute atomic E-state index is 13.6. The molecule has 7 heteroatoms. The molecule has 134 valence electrons. The summed E-state index contributed by atoms with van der Waals surface area (Å²) in [6.45, 7) is -0.0379. The summed E-state index contributed by atoms with van der Waals surface area (Å²) in [4.78, 5) is 23.9. The normalized spacial score (nSPS) is 11.0. The number of aromatic nitrogens is 1. The molecule has 0 spiro atoms. The zero-order valence-corrected chi connectivity index (χ0v) is 14.3. The number of fused-ring (bicyclic) bond motifs is 1. The first-order valence-corrected chi connectivity index (χ1v) is 8.23. The van der Waals surface area contributed by atoms with E-state index in [1.165, 1.54) is 16.8 Å². The first-order valence-electron chi connectivity index (χ1n) is 7.85. The molecule has 1 heterocycles. The Kier molecular flexibility index (Phi) is 5.06. The quantitative estimate of drug-likeness (QED) is 0.718. The van der Waals surface area contributed by atoms with Gasteiger partial charge in [0.05, 0.1) is 17.1 Å². The van der Waals surface area contributed by atoms with E-state index in [1.807, 2.05) is 0 Å². The van der Waals surface area contributed by atoms with Crippen LogP contribution in [0.1, 0.15) is 21.5 Å². The third-order valence-corrected chi connectivity index (χ3v) is 4.57. The molecule has 0 aliphatic heterocycles. The molecule has 26 heavy (non-hydrogen) atoms. The van der Waals surface area contributed by atoms with E-state index in [9.17, 15) is 24.2 Å². The molecular weight excluding hydrogens is 361 g/mol. The van der Waals surface area contributed by atoms with Gasteiger partial charge < -0.3 is 14.8 Å². The van der Waals surface area contributed by atoms with Gasteiger partial charge in [0.2, 0.25) is 5.43 Å². The molecule has 0 radical (unpaired) electrons. The molecule has 3 rings (SSSR count). The number of nitrogens with zero attached hydrogens (tertiary/aromatic N) is 1. The number of carboxylic acids is 1. The van der Waals surface area contributed by atoms with Gasteiger partial charge in [0.15, 0.2) is 0 Å². The Morgan fingerprint density at radius 1 is 1.23 bits per heavy atom. The lowest BCUT2D eigenvalue weighted by molar-refractivity contribution is 0.0694. The molecule has 2 aromatic carbocycles. The largest absolute Gasteiger partial charge is 0.477 e. The SMILES string of the molecule is O=C(O)c1cn(CCO)c2ccc(Cc3cccc(F)c3Cl)cc2c1=O. The molecule has 0 unspecified atom stereocenters. The average molecular weight is 376 g/mol. The van der Waals surface area contributed by atoms with Crippen molar-refractivity contribution in [1.82, 2.24) is 4.57 Å². The van der Waals surface area contributed by atoms with Crippen LogP contribution in [0, 0.1) is 5.82 Å². The maximum atomic E-state index is 13.6. The molecule has 0 fully saturated rings. The van der Waals surface area contributed by atoms with Crippen LogP contribution in [0.2, 0.25) is 5.02 Å². The van der Waals surface area contributed by atoms with E-state index in [1.54, 1.807) is 30.3 Å². The van der Waals surface area contributed by atoms with Crippen LogP contribution in [0.15, 0.2) is 47.4 Å². The first kappa shape index (κ1) is 18.1. The summed E-state index contributed by atoms with van der Waals surface area (Å²) in [5.74, 6) is -1.86. The van der Waals surface area contributed by atoms with Crippen LogP contribution >= 0.6 is 11.6 Å². The Bertz CT molecular complexity index is 1060. The van der Waals surface area contributed by atoms with Crippen molar-refractivity contribution < 1.29 is 19.4 Å². The number of hydrogen-bond donors (Lipinski definition) is 2. The van der Waals surface area contributed by atoms with E-state index in [4.69, 9.17) is 11.6 Å². The van der Waals surface area contributed by atoms with E-state index < -0.39 is 17.2 Å². The number of aliphatic hydroxyl groups is 1. The number of carboxylic acid groups (broad SMARTS) is 1. The molecule has 0 aliphatic carbocycles. The van der Waals surface area contributed by atoms with Crippen LogP contribution in [0.5, 0.6) is 0 Å². The fraction of sp³-hybridized carbons (Fsp3) is 0.158. The number of carbonyl (C=O) groups is 1. The molecule has 0 saturated heterocycles. The van der Waals surface area contributed by atoms with E-state index in [0.717, 1.165) is 0 Å². The maximum Gasteiger partial charge on any atom is 0.341 e. The predicted octanol–water partition coefficient (Wildman–Crippen LogP) is 3.08.